The summed E-state index contributed by atoms with van der Waals surface area (Å²) in [6.07, 6.45) is 2.71. The lowest BCUT2D eigenvalue weighted by molar-refractivity contribution is -0.154. The molecule has 0 aromatic heterocycles. The molecule has 0 aliphatic carbocycles. The lowest BCUT2D eigenvalue weighted by Gasteiger charge is -2.43. The van der Waals surface area contributed by atoms with Crippen LogP contribution in [-0.4, -0.2) is 92.8 Å². The van der Waals surface area contributed by atoms with E-state index in [2.05, 4.69) is 5.32 Å². The molecule has 262 valence electrons. The van der Waals surface area contributed by atoms with Gasteiger partial charge < -0.3 is 47.1 Å². The van der Waals surface area contributed by atoms with Gasteiger partial charge in [-0.05, 0) is 56.6 Å². The fourth-order valence-electron chi connectivity index (χ4n) is 6.39. The largest absolute Gasteiger partial charge is 0.480 e. The second-order valence-electron chi connectivity index (χ2n) is 12.3. The maximum absolute atomic E-state index is 15.1. The van der Waals surface area contributed by atoms with Gasteiger partial charge in [-0.2, -0.15) is 0 Å². The summed E-state index contributed by atoms with van der Waals surface area (Å²) >= 11 is 0. The zero-order chi connectivity index (χ0) is 35.5. The van der Waals surface area contributed by atoms with E-state index in [-0.39, 0.29) is 37.2 Å². The van der Waals surface area contributed by atoms with Crippen molar-refractivity contribution in [3.05, 3.63) is 71.8 Å². The zero-order valence-corrected chi connectivity index (χ0v) is 28.2. The summed E-state index contributed by atoms with van der Waals surface area (Å²) in [5, 5.41) is 26.6. The molecule has 0 spiro atoms. The number of hydrogen-bond donors (Lipinski definition) is 7. The molecule has 0 radical (unpaired) electrons. The van der Waals surface area contributed by atoms with Crippen molar-refractivity contribution in [2.45, 2.75) is 81.2 Å². The molecular formula is C33H48N7O7P. The van der Waals surface area contributed by atoms with Gasteiger partial charge in [0.25, 0.3) is 0 Å². The van der Waals surface area contributed by atoms with Gasteiger partial charge in [0.2, 0.25) is 11.8 Å². The van der Waals surface area contributed by atoms with Gasteiger partial charge in [-0.3, -0.25) is 19.8 Å². The van der Waals surface area contributed by atoms with E-state index in [4.69, 9.17) is 27.7 Å². The Hall–Kier alpha value is -4.26. The molecule has 0 bridgehead atoms. The van der Waals surface area contributed by atoms with E-state index in [0.29, 0.717) is 45.2 Å². The monoisotopic (exact) mass is 685 g/mol. The average molecular weight is 686 g/mol. The van der Waals surface area contributed by atoms with Crippen LogP contribution in [0.5, 0.6) is 0 Å². The lowest BCUT2D eigenvalue weighted by atomic mass is 10.1. The van der Waals surface area contributed by atoms with Gasteiger partial charge in [-0.25, -0.2) is 4.79 Å². The molecule has 2 saturated heterocycles. The summed E-state index contributed by atoms with van der Waals surface area (Å²) in [6.45, 7) is 2.65. The van der Waals surface area contributed by atoms with Gasteiger partial charge in [-0.15, -0.1) is 0 Å². The molecule has 0 saturated carbocycles. The highest BCUT2D eigenvalue weighted by molar-refractivity contribution is 7.65. The van der Waals surface area contributed by atoms with Gasteiger partial charge in [0, 0.05) is 32.0 Å². The van der Waals surface area contributed by atoms with E-state index in [9.17, 15) is 24.3 Å². The van der Waals surface area contributed by atoms with Crippen molar-refractivity contribution in [3.8, 4) is 0 Å². The van der Waals surface area contributed by atoms with Crippen LogP contribution in [-0.2, 0) is 36.1 Å². The molecule has 2 heterocycles. The first-order valence-electron chi connectivity index (χ1n) is 16.1. The molecule has 2 aliphatic heterocycles. The van der Waals surface area contributed by atoms with E-state index >= 15 is 4.57 Å². The maximum atomic E-state index is 15.1. The molecule has 2 aromatic carbocycles. The minimum atomic E-state index is -3.63. The first kappa shape index (κ1) is 38.2. The third-order valence-corrected chi connectivity index (χ3v) is 12.5. The summed E-state index contributed by atoms with van der Waals surface area (Å²) in [5.41, 5.74) is 17.6. The number of hydrogen-bond acceptors (Lipinski definition) is 8. The van der Waals surface area contributed by atoms with Crippen molar-refractivity contribution in [2.24, 2.45) is 17.2 Å². The normalized spacial score (nSPS) is 20.3. The SMILES string of the molecule is C[C@H](N)C(=O)N1CCC[C@H]1C(=O)N1CCC[C@@]1(C(=O)O)P(=O)(Cc1ccccc1)Cc1ccccc1.N=C(N)NCCC[C@H](N)C(=O)O. The van der Waals surface area contributed by atoms with Crippen molar-refractivity contribution in [1.29, 1.82) is 5.41 Å². The van der Waals surface area contributed by atoms with Crippen LogP contribution in [0.1, 0.15) is 56.6 Å². The molecule has 2 aliphatic rings. The van der Waals surface area contributed by atoms with E-state index in [1.165, 1.54) is 9.80 Å². The first-order valence-corrected chi connectivity index (χ1v) is 18.1. The van der Waals surface area contributed by atoms with Gasteiger partial charge >= 0.3 is 11.9 Å². The zero-order valence-electron chi connectivity index (χ0n) is 27.3. The third-order valence-electron chi connectivity index (χ3n) is 8.73. The number of guanidine groups is 1. The number of benzene rings is 2. The number of nitrogens with two attached hydrogens (primary N) is 3. The summed E-state index contributed by atoms with van der Waals surface area (Å²) in [4.78, 5) is 52.8. The van der Waals surface area contributed by atoms with Crippen molar-refractivity contribution < 1.29 is 34.0 Å². The number of carbonyl (C=O) groups is 4. The molecule has 14 nitrogen and oxygen atoms in total. The minimum Gasteiger partial charge on any atom is -0.480 e. The molecule has 2 amide bonds. The maximum Gasteiger partial charge on any atom is 0.337 e. The van der Waals surface area contributed by atoms with Crippen molar-refractivity contribution in [3.63, 3.8) is 0 Å². The molecule has 10 N–H and O–H groups in total. The van der Waals surface area contributed by atoms with E-state index in [0.717, 1.165) is 11.1 Å². The summed E-state index contributed by atoms with van der Waals surface area (Å²) in [7, 11) is -3.63. The van der Waals surface area contributed by atoms with E-state index < -0.39 is 48.4 Å². The summed E-state index contributed by atoms with van der Waals surface area (Å²) in [6, 6.07) is 16.1. The van der Waals surface area contributed by atoms with Crippen molar-refractivity contribution in [1.82, 2.24) is 15.1 Å². The number of carbonyl (C=O) groups excluding carboxylic acids is 2. The highest BCUT2D eigenvalue weighted by Crippen LogP contribution is 2.67. The Morgan fingerprint density at radius 3 is 2.02 bits per heavy atom. The number of nitrogens with one attached hydrogen (secondary N) is 2. The van der Waals surface area contributed by atoms with Crippen LogP contribution < -0.4 is 22.5 Å². The molecular weight excluding hydrogens is 637 g/mol. The fraction of sp³-hybridized carbons (Fsp3) is 0.485. The van der Waals surface area contributed by atoms with E-state index in [1.54, 1.807) is 6.92 Å². The predicted octanol–water partition coefficient (Wildman–Crippen LogP) is 2.15. The number of aliphatic carboxylic acids is 2. The standard InChI is InChI=1S/C27H34N3O5P.C6H14N4O2/c1-20(28)24(31)29-16-8-14-23(29)25(32)30-17-9-15-27(30,26(33)34)36(35,18-21-10-4-2-5-11-21)19-22-12-6-3-7-13-22;7-4(5(11)12)2-1-3-10-6(8)9/h2-7,10-13,20,23H,8-9,14-19,28H2,1H3,(H,33,34);4H,1-3,7H2,(H,11,12)(H4,8,9,10)/t20-,23-,27-;4-/m00/s1. The molecule has 48 heavy (non-hydrogen) atoms. The van der Waals surface area contributed by atoms with Crippen LogP contribution in [0.15, 0.2) is 60.7 Å². The summed E-state index contributed by atoms with van der Waals surface area (Å²) < 4.78 is 15.1. The number of likely N-dealkylation sites (tertiary alicyclic amines) is 2. The number of rotatable bonds is 13. The Labute approximate surface area is 280 Å². The van der Waals surface area contributed by atoms with Crippen LogP contribution in [0.3, 0.4) is 0 Å². The van der Waals surface area contributed by atoms with Crippen molar-refractivity contribution in [2.75, 3.05) is 19.6 Å². The second kappa shape index (κ2) is 17.2. The molecule has 2 aromatic rings. The molecule has 0 unspecified atom stereocenters. The number of carboxylic acids is 2. The van der Waals surface area contributed by atoms with Gasteiger partial charge in [0.15, 0.2) is 11.2 Å². The van der Waals surface area contributed by atoms with Gasteiger partial charge in [-0.1, -0.05) is 60.7 Å². The highest BCUT2D eigenvalue weighted by atomic mass is 31.2. The van der Waals surface area contributed by atoms with Crippen molar-refractivity contribution >= 4 is 36.9 Å². The number of nitrogens with zero attached hydrogens (tertiary/aromatic N) is 2. The Balaban J connectivity index is 0.000000444. The quantitative estimate of drug-likeness (QED) is 0.0697. The fourth-order valence-corrected chi connectivity index (χ4v) is 10.2. The van der Waals surface area contributed by atoms with Crippen LogP contribution in [0.2, 0.25) is 0 Å². The molecule has 4 rings (SSSR count). The third kappa shape index (κ3) is 9.21. The van der Waals surface area contributed by atoms with Gasteiger partial charge in [0.05, 0.1) is 6.04 Å². The predicted molar refractivity (Wildman–Crippen MR) is 182 cm³/mol. The number of carboxylic acid groups (broad SMARTS) is 2. The molecule has 2 fully saturated rings. The Morgan fingerprint density at radius 1 is 0.979 bits per heavy atom. The first-order chi connectivity index (χ1) is 22.7. The van der Waals surface area contributed by atoms with Crippen LogP contribution in [0.4, 0.5) is 0 Å². The minimum absolute atomic E-state index is 0.0615. The van der Waals surface area contributed by atoms with Crippen LogP contribution >= 0.6 is 7.14 Å². The molecule has 15 heteroatoms. The second-order valence-corrected chi connectivity index (χ2v) is 15.4. The Morgan fingerprint density at radius 2 is 1.54 bits per heavy atom. The Bertz CT molecular complexity index is 1430. The van der Waals surface area contributed by atoms with Crippen LogP contribution in [0.25, 0.3) is 0 Å². The van der Waals surface area contributed by atoms with Crippen LogP contribution in [0, 0.1) is 5.41 Å². The lowest BCUT2D eigenvalue weighted by Crippen LogP contribution is -2.59. The van der Waals surface area contributed by atoms with E-state index in [1.807, 2.05) is 60.7 Å². The highest BCUT2D eigenvalue weighted by Gasteiger charge is 2.62. The Kier molecular flexibility index (Phi) is 13.7. The topological polar surface area (TPSA) is 246 Å². The van der Waals surface area contributed by atoms with Gasteiger partial charge in [0.1, 0.15) is 19.2 Å². The summed E-state index contributed by atoms with van der Waals surface area (Å²) in [5.74, 6) is -3.13. The average Bonchev–Trinajstić information content (AvgIpc) is 3.73. The molecule has 4 atom stereocenters. The smallest absolute Gasteiger partial charge is 0.337 e. The number of amides is 2.